The van der Waals surface area contributed by atoms with Crippen molar-refractivity contribution in [2.24, 2.45) is 0 Å². The second kappa shape index (κ2) is 4.67. The van der Waals surface area contributed by atoms with Crippen molar-refractivity contribution in [2.45, 2.75) is 6.92 Å². The van der Waals surface area contributed by atoms with Crippen LogP contribution < -0.4 is 0 Å². The van der Waals surface area contributed by atoms with E-state index in [1.165, 1.54) is 0 Å². The van der Waals surface area contributed by atoms with E-state index in [0.29, 0.717) is 0 Å². The predicted octanol–water partition coefficient (Wildman–Crippen LogP) is 4.58. The van der Waals surface area contributed by atoms with Gasteiger partial charge in [0.25, 0.3) is 0 Å². The molecule has 1 heteroatoms. The minimum Gasteiger partial charge on any atom is -0.456 e. The van der Waals surface area contributed by atoms with Crippen molar-refractivity contribution in [3.8, 4) is 0 Å². The van der Waals surface area contributed by atoms with Gasteiger partial charge in [0.05, 0.1) is 0 Å². The maximum Gasteiger partial charge on any atom is 0.135 e. The lowest BCUT2D eigenvalue weighted by atomic mass is 10.1. The van der Waals surface area contributed by atoms with Crippen molar-refractivity contribution >= 4 is 16.5 Å². The number of fused-ring (bicyclic) bond motifs is 1. The third-order valence-electron chi connectivity index (χ3n) is 2.43. The average molecular weight is 210 g/mol. The lowest BCUT2D eigenvalue weighted by Gasteiger charge is -1.94. The van der Waals surface area contributed by atoms with E-state index in [2.05, 4.69) is 12.6 Å². The molecule has 0 atom stereocenters. The van der Waals surface area contributed by atoms with Gasteiger partial charge < -0.3 is 4.42 Å². The number of para-hydroxylation sites is 1. The number of rotatable bonds is 3. The largest absolute Gasteiger partial charge is 0.456 e. The Balaban J connectivity index is 2.46. The first-order valence-electron chi connectivity index (χ1n) is 5.29. The molecule has 0 aliphatic carbocycles. The van der Waals surface area contributed by atoms with Crippen LogP contribution in [0.15, 0.2) is 65.6 Å². The molecule has 2 rings (SSSR count). The fourth-order valence-electron chi connectivity index (χ4n) is 1.62. The molecule has 0 aliphatic heterocycles. The van der Waals surface area contributed by atoms with E-state index in [4.69, 9.17) is 4.42 Å². The van der Waals surface area contributed by atoms with E-state index in [0.717, 1.165) is 22.3 Å². The molecule has 1 nitrogen and oxygen atoms in total. The van der Waals surface area contributed by atoms with E-state index < -0.39 is 0 Å². The first-order chi connectivity index (χ1) is 7.85. The molecular weight excluding hydrogens is 196 g/mol. The molecule has 0 aliphatic rings. The molecule has 0 unspecified atom stereocenters. The molecule has 0 N–H and O–H groups in total. The Morgan fingerprint density at radius 2 is 2.12 bits per heavy atom. The zero-order valence-corrected chi connectivity index (χ0v) is 9.31. The molecule has 0 bridgehead atoms. The SMILES string of the molecule is C=C/C=C\C(=C/C)c1cc2ccccc2o1. The molecule has 0 saturated heterocycles. The topological polar surface area (TPSA) is 13.1 Å². The van der Waals surface area contributed by atoms with Crippen LogP contribution in [-0.2, 0) is 0 Å². The van der Waals surface area contributed by atoms with Gasteiger partial charge in [0.2, 0.25) is 0 Å². The second-order valence-corrected chi connectivity index (χ2v) is 3.49. The van der Waals surface area contributed by atoms with E-state index >= 15 is 0 Å². The third kappa shape index (κ3) is 1.98. The molecule has 1 heterocycles. The predicted molar refractivity (Wildman–Crippen MR) is 69.2 cm³/mol. The highest BCUT2D eigenvalue weighted by molar-refractivity contribution is 5.83. The normalized spacial score (nSPS) is 12.4. The van der Waals surface area contributed by atoms with Crippen molar-refractivity contribution < 1.29 is 4.42 Å². The van der Waals surface area contributed by atoms with Crippen molar-refractivity contribution in [3.05, 3.63) is 67.0 Å². The maximum absolute atomic E-state index is 5.76. The summed E-state index contributed by atoms with van der Waals surface area (Å²) >= 11 is 0. The van der Waals surface area contributed by atoms with Crippen LogP contribution in [0.2, 0.25) is 0 Å². The smallest absolute Gasteiger partial charge is 0.135 e. The first kappa shape index (κ1) is 10.5. The standard InChI is InChI=1S/C15H14O/c1-3-5-8-12(4-2)15-11-13-9-6-7-10-14(13)16-15/h3-11H,1H2,2H3/b8-5-,12-4+. The Labute approximate surface area is 95.4 Å². The van der Waals surface area contributed by atoms with Gasteiger partial charge in [-0.1, -0.05) is 49.1 Å². The summed E-state index contributed by atoms with van der Waals surface area (Å²) in [7, 11) is 0. The molecule has 0 amide bonds. The number of furan rings is 1. The summed E-state index contributed by atoms with van der Waals surface area (Å²) in [5.41, 5.74) is 1.99. The lowest BCUT2D eigenvalue weighted by molar-refractivity contribution is 0.601. The Kier molecular flexibility index (Phi) is 3.06. The van der Waals surface area contributed by atoms with Crippen LogP contribution in [-0.4, -0.2) is 0 Å². The van der Waals surface area contributed by atoms with E-state index in [1.54, 1.807) is 6.08 Å². The summed E-state index contributed by atoms with van der Waals surface area (Å²) in [6.07, 6.45) is 7.68. The van der Waals surface area contributed by atoms with Crippen LogP contribution in [0.1, 0.15) is 12.7 Å². The Morgan fingerprint density at radius 1 is 1.31 bits per heavy atom. The summed E-state index contributed by atoms with van der Waals surface area (Å²) in [6, 6.07) is 10.1. The summed E-state index contributed by atoms with van der Waals surface area (Å²) in [5.74, 6) is 0.891. The number of allylic oxidation sites excluding steroid dienone is 5. The summed E-state index contributed by atoms with van der Waals surface area (Å²) in [5, 5.41) is 1.13. The van der Waals surface area contributed by atoms with Gasteiger partial charge in [0, 0.05) is 11.0 Å². The van der Waals surface area contributed by atoms with Crippen LogP contribution in [0, 0.1) is 0 Å². The molecule has 2 aromatic rings. The molecule has 16 heavy (non-hydrogen) atoms. The summed E-state index contributed by atoms with van der Waals surface area (Å²) in [4.78, 5) is 0. The van der Waals surface area contributed by atoms with E-state index in [1.807, 2.05) is 49.4 Å². The van der Waals surface area contributed by atoms with Gasteiger partial charge in [-0.15, -0.1) is 0 Å². The van der Waals surface area contributed by atoms with Crippen LogP contribution in [0.5, 0.6) is 0 Å². The molecule has 0 saturated carbocycles. The zero-order valence-electron chi connectivity index (χ0n) is 9.31. The third-order valence-corrected chi connectivity index (χ3v) is 2.43. The monoisotopic (exact) mass is 210 g/mol. The van der Waals surface area contributed by atoms with Gasteiger partial charge >= 0.3 is 0 Å². The molecule has 1 aromatic carbocycles. The van der Waals surface area contributed by atoms with Gasteiger partial charge in [-0.05, 0) is 19.1 Å². The molecular formula is C15H14O. The highest BCUT2D eigenvalue weighted by Crippen LogP contribution is 2.25. The zero-order chi connectivity index (χ0) is 11.4. The fourth-order valence-corrected chi connectivity index (χ4v) is 1.62. The fraction of sp³-hybridized carbons (Fsp3) is 0.0667. The van der Waals surface area contributed by atoms with Gasteiger partial charge in [-0.25, -0.2) is 0 Å². The first-order valence-corrected chi connectivity index (χ1v) is 5.29. The van der Waals surface area contributed by atoms with E-state index in [9.17, 15) is 0 Å². The average Bonchev–Trinajstić information content (AvgIpc) is 2.73. The van der Waals surface area contributed by atoms with Crippen LogP contribution in [0.4, 0.5) is 0 Å². The Bertz CT molecular complexity index is 523. The molecule has 0 fully saturated rings. The van der Waals surface area contributed by atoms with E-state index in [-0.39, 0.29) is 0 Å². The minimum absolute atomic E-state index is 0.891. The number of benzene rings is 1. The number of hydrogen-bond acceptors (Lipinski definition) is 1. The van der Waals surface area contributed by atoms with Gasteiger partial charge in [0.1, 0.15) is 11.3 Å². The van der Waals surface area contributed by atoms with Crippen LogP contribution in [0.3, 0.4) is 0 Å². The van der Waals surface area contributed by atoms with Crippen molar-refractivity contribution in [1.29, 1.82) is 0 Å². The Morgan fingerprint density at radius 3 is 2.81 bits per heavy atom. The van der Waals surface area contributed by atoms with Gasteiger partial charge in [-0.3, -0.25) is 0 Å². The van der Waals surface area contributed by atoms with Gasteiger partial charge in [0.15, 0.2) is 0 Å². The summed E-state index contributed by atoms with van der Waals surface area (Å²) in [6.45, 7) is 5.65. The van der Waals surface area contributed by atoms with Gasteiger partial charge in [-0.2, -0.15) is 0 Å². The van der Waals surface area contributed by atoms with Crippen molar-refractivity contribution in [2.75, 3.05) is 0 Å². The maximum atomic E-state index is 5.76. The molecule has 0 radical (unpaired) electrons. The van der Waals surface area contributed by atoms with Crippen molar-refractivity contribution in [3.63, 3.8) is 0 Å². The van der Waals surface area contributed by atoms with Crippen LogP contribution in [0.25, 0.3) is 16.5 Å². The minimum atomic E-state index is 0.891. The number of hydrogen-bond donors (Lipinski definition) is 0. The second-order valence-electron chi connectivity index (χ2n) is 3.49. The molecule has 1 aromatic heterocycles. The quantitative estimate of drug-likeness (QED) is 0.676. The highest BCUT2D eigenvalue weighted by atomic mass is 16.3. The van der Waals surface area contributed by atoms with Crippen molar-refractivity contribution in [1.82, 2.24) is 0 Å². The molecule has 80 valence electrons. The lowest BCUT2D eigenvalue weighted by Crippen LogP contribution is -1.73. The Hall–Kier alpha value is -2.02. The molecule has 0 spiro atoms. The highest BCUT2D eigenvalue weighted by Gasteiger charge is 2.04. The van der Waals surface area contributed by atoms with Crippen LogP contribution >= 0.6 is 0 Å². The summed E-state index contributed by atoms with van der Waals surface area (Å²) < 4.78 is 5.76.